The number of esters is 1. The first-order chi connectivity index (χ1) is 11.3. The molecule has 0 aromatic carbocycles. The molecule has 3 heterocycles. The highest BCUT2D eigenvalue weighted by molar-refractivity contribution is 9.11. The van der Waals surface area contributed by atoms with Gasteiger partial charge in [-0.1, -0.05) is 0 Å². The first-order valence-corrected chi connectivity index (χ1v) is 9.33. The number of thiophene rings is 1. The highest BCUT2D eigenvalue weighted by Gasteiger charge is 2.43. The molecule has 0 radical (unpaired) electrons. The molecule has 134 valence electrons. The van der Waals surface area contributed by atoms with Crippen molar-refractivity contribution in [2.75, 3.05) is 31.7 Å². The Morgan fingerprint density at radius 1 is 1.62 bits per heavy atom. The van der Waals surface area contributed by atoms with Gasteiger partial charge < -0.3 is 20.1 Å². The number of hydrogen-bond donors (Lipinski definition) is 1. The van der Waals surface area contributed by atoms with Gasteiger partial charge in [0.15, 0.2) is 0 Å². The van der Waals surface area contributed by atoms with Crippen LogP contribution < -0.4 is 10.6 Å². The largest absolute Gasteiger partial charge is 0.465 e. The minimum atomic E-state index is -2.87. The van der Waals surface area contributed by atoms with Crippen LogP contribution >= 0.6 is 27.3 Å². The van der Waals surface area contributed by atoms with Gasteiger partial charge in [-0.15, -0.1) is 11.3 Å². The maximum atomic E-state index is 14.2. The van der Waals surface area contributed by atoms with E-state index in [1.807, 2.05) is 0 Å². The number of rotatable bonds is 4. The second kappa shape index (κ2) is 6.86. The van der Waals surface area contributed by atoms with Crippen molar-refractivity contribution in [2.24, 2.45) is 5.73 Å². The maximum Gasteiger partial charge on any atom is 0.350 e. The van der Waals surface area contributed by atoms with Gasteiger partial charge in [-0.25, -0.2) is 13.6 Å². The summed E-state index contributed by atoms with van der Waals surface area (Å²) in [5.74, 6) is -3.40. The summed E-state index contributed by atoms with van der Waals surface area (Å²) in [6, 6.07) is -0.390. The van der Waals surface area contributed by atoms with Gasteiger partial charge in [-0.2, -0.15) is 0 Å². The molecule has 0 saturated carbocycles. The van der Waals surface area contributed by atoms with E-state index in [0.717, 1.165) is 24.2 Å². The second-order valence-corrected chi connectivity index (χ2v) is 8.49. The highest BCUT2D eigenvalue weighted by atomic mass is 79.9. The Labute approximate surface area is 151 Å². The summed E-state index contributed by atoms with van der Waals surface area (Å²) in [6.07, 6.45) is 1.22. The molecule has 2 unspecified atom stereocenters. The average Bonchev–Trinajstić information content (AvgIpc) is 3.14. The zero-order valence-corrected chi connectivity index (χ0v) is 15.6. The Kier molecular flexibility index (Phi) is 5.15. The Morgan fingerprint density at radius 3 is 3.00 bits per heavy atom. The molecule has 0 aliphatic carbocycles. The first kappa shape index (κ1) is 18.0. The number of nitrogens with zero attached hydrogens (tertiary/aromatic N) is 1. The minimum absolute atomic E-state index is 0.132. The van der Waals surface area contributed by atoms with Crippen molar-refractivity contribution in [3.05, 3.63) is 14.2 Å². The molecule has 0 amide bonds. The van der Waals surface area contributed by atoms with E-state index in [1.165, 1.54) is 12.0 Å². The molecule has 24 heavy (non-hydrogen) atoms. The average molecular weight is 425 g/mol. The van der Waals surface area contributed by atoms with Gasteiger partial charge in [0, 0.05) is 31.2 Å². The van der Waals surface area contributed by atoms with Crippen LogP contribution in [0.2, 0.25) is 0 Å². The molecular weight excluding hydrogens is 406 g/mol. The number of carbonyl (C=O) groups is 1. The van der Waals surface area contributed by atoms with Crippen LogP contribution in [-0.2, 0) is 15.9 Å². The van der Waals surface area contributed by atoms with Crippen LogP contribution in [0.25, 0.3) is 0 Å². The number of hydrogen-bond acceptors (Lipinski definition) is 6. The Balaban J connectivity index is 1.93. The molecular formula is C15H19BrF2N2O3S. The smallest absolute Gasteiger partial charge is 0.350 e. The van der Waals surface area contributed by atoms with E-state index in [4.69, 9.17) is 15.2 Å². The lowest BCUT2D eigenvalue weighted by molar-refractivity contribution is 0.00378. The number of methoxy groups -OCH3 is 1. The first-order valence-electron chi connectivity index (χ1n) is 7.72. The number of ether oxygens (including phenoxy) is 2. The van der Waals surface area contributed by atoms with Crippen LogP contribution in [-0.4, -0.2) is 50.8 Å². The number of anilines is 1. The van der Waals surface area contributed by atoms with Crippen molar-refractivity contribution < 1.29 is 23.0 Å². The molecule has 2 atom stereocenters. The fraction of sp³-hybridized carbons (Fsp3) is 0.667. The van der Waals surface area contributed by atoms with Gasteiger partial charge in [0.1, 0.15) is 4.88 Å². The third kappa shape index (κ3) is 3.44. The molecule has 1 aromatic heterocycles. The van der Waals surface area contributed by atoms with Crippen molar-refractivity contribution in [1.29, 1.82) is 0 Å². The van der Waals surface area contributed by atoms with E-state index in [0.29, 0.717) is 26.5 Å². The van der Waals surface area contributed by atoms with E-state index in [-0.39, 0.29) is 12.6 Å². The number of alkyl halides is 2. The fourth-order valence-electron chi connectivity index (χ4n) is 3.29. The van der Waals surface area contributed by atoms with Gasteiger partial charge in [-0.3, -0.25) is 0 Å². The van der Waals surface area contributed by atoms with Crippen LogP contribution in [0, 0.1) is 0 Å². The molecule has 2 N–H and O–H groups in total. The van der Waals surface area contributed by atoms with E-state index in [1.54, 1.807) is 0 Å². The third-order valence-corrected chi connectivity index (χ3v) is 6.30. The summed E-state index contributed by atoms with van der Waals surface area (Å²) < 4.78 is 39.3. The summed E-state index contributed by atoms with van der Waals surface area (Å²) in [5.41, 5.74) is 7.14. The molecule has 1 saturated heterocycles. The topological polar surface area (TPSA) is 64.8 Å². The lowest BCUT2D eigenvalue weighted by Gasteiger charge is -2.37. The molecule has 0 spiro atoms. The second-order valence-electron chi connectivity index (χ2n) is 6.15. The summed E-state index contributed by atoms with van der Waals surface area (Å²) >= 11 is 4.43. The molecule has 9 heteroatoms. The van der Waals surface area contributed by atoms with Gasteiger partial charge in [0.05, 0.1) is 29.2 Å². The molecule has 2 aliphatic heterocycles. The van der Waals surface area contributed by atoms with E-state index in [9.17, 15) is 13.6 Å². The van der Waals surface area contributed by atoms with Crippen LogP contribution in [0.5, 0.6) is 0 Å². The predicted octanol–water partition coefficient (Wildman–Crippen LogP) is 2.80. The summed E-state index contributed by atoms with van der Waals surface area (Å²) in [7, 11) is 1.28. The number of halogens is 3. The molecule has 0 bridgehead atoms. The van der Waals surface area contributed by atoms with E-state index in [2.05, 4.69) is 15.9 Å². The van der Waals surface area contributed by atoms with Gasteiger partial charge in [0.2, 0.25) is 0 Å². The Bertz CT molecular complexity index is 634. The van der Waals surface area contributed by atoms with E-state index < -0.39 is 30.9 Å². The Hall–Kier alpha value is -0.770. The molecule has 1 fully saturated rings. The summed E-state index contributed by atoms with van der Waals surface area (Å²) in [6.45, 7) is 0.394. The van der Waals surface area contributed by atoms with Crippen LogP contribution in [0.1, 0.15) is 28.1 Å². The SMILES string of the molecule is COC(=O)c1sc(Br)c2c1N(CC(N)C1CCCO1)CC(F)(F)C2. The molecule has 3 rings (SSSR count). The van der Waals surface area contributed by atoms with Gasteiger partial charge in [0.25, 0.3) is 5.92 Å². The maximum absolute atomic E-state index is 14.2. The molecule has 2 aliphatic rings. The predicted molar refractivity (Wildman–Crippen MR) is 91.2 cm³/mol. The van der Waals surface area contributed by atoms with Crippen molar-refractivity contribution in [3.63, 3.8) is 0 Å². The quantitative estimate of drug-likeness (QED) is 0.752. The number of nitrogens with two attached hydrogens (primary N) is 1. The highest BCUT2D eigenvalue weighted by Crippen LogP contribution is 2.46. The van der Waals surface area contributed by atoms with Crippen molar-refractivity contribution in [2.45, 2.75) is 37.3 Å². The zero-order valence-electron chi connectivity index (χ0n) is 13.2. The monoisotopic (exact) mass is 424 g/mol. The summed E-state index contributed by atoms with van der Waals surface area (Å²) in [4.78, 5) is 13.9. The van der Waals surface area contributed by atoms with Crippen LogP contribution in [0.4, 0.5) is 14.5 Å². The van der Waals surface area contributed by atoms with Crippen molar-refractivity contribution in [1.82, 2.24) is 0 Å². The Morgan fingerprint density at radius 2 is 2.38 bits per heavy atom. The van der Waals surface area contributed by atoms with Crippen LogP contribution in [0.3, 0.4) is 0 Å². The standard InChI is InChI=1S/C15H19BrF2N2O3S/c1-22-14(21)12-11-8(13(16)24-12)5-15(17,18)7-20(11)6-9(19)10-3-2-4-23-10/h9-10H,2-7,19H2,1H3. The molecule has 1 aromatic rings. The number of carbonyl (C=O) groups excluding carboxylic acids is 1. The molecule has 5 nitrogen and oxygen atoms in total. The summed E-state index contributed by atoms with van der Waals surface area (Å²) in [5, 5.41) is 0. The van der Waals surface area contributed by atoms with Gasteiger partial charge in [-0.05, 0) is 28.8 Å². The minimum Gasteiger partial charge on any atom is -0.465 e. The third-order valence-electron chi connectivity index (χ3n) is 4.35. The lowest BCUT2D eigenvalue weighted by Crippen LogP contribution is -2.51. The number of fused-ring (bicyclic) bond motifs is 1. The van der Waals surface area contributed by atoms with E-state index >= 15 is 0 Å². The normalized spacial score (nSPS) is 23.9. The van der Waals surface area contributed by atoms with Gasteiger partial charge >= 0.3 is 5.97 Å². The lowest BCUT2D eigenvalue weighted by atomic mass is 9.99. The van der Waals surface area contributed by atoms with Crippen LogP contribution in [0.15, 0.2) is 3.79 Å². The fourth-order valence-corrected chi connectivity index (χ4v) is 5.09. The van der Waals surface area contributed by atoms with Crippen molar-refractivity contribution in [3.8, 4) is 0 Å². The zero-order chi connectivity index (χ0) is 17.5. The van der Waals surface area contributed by atoms with Crippen molar-refractivity contribution >= 4 is 38.9 Å².